The molecule has 5 heteroatoms. The zero-order valence-electron chi connectivity index (χ0n) is 14.0. The second kappa shape index (κ2) is 11.3. The molecular weight excluding hydrogens is 329 g/mol. The van der Waals surface area contributed by atoms with Crippen molar-refractivity contribution >= 4 is 24.8 Å². The van der Waals surface area contributed by atoms with Crippen LogP contribution in [0.15, 0.2) is 30.3 Å². The van der Waals surface area contributed by atoms with E-state index in [0.29, 0.717) is 0 Å². The lowest BCUT2D eigenvalue weighted by molar-refractivity contribution is 0.119. The topological polar surface area (TPSA) is 18.5 Å². The van der Waals surface area contributed by atoms with Crippen molar-refractivity contribution in [1.82, 2.24) is 15.1 Å². The molecule has 0 aromatic heterocycles. The maximum absolute atomic E-state index is 3.46. The summed E-state index contributed by atoms with van der Waals surface area (Å²) in [6.07, 6.45) is 4.17. The molecule has 2 aliphatic heterocycles. The predicted molar refractivity (Wildman–Crippen MR) is 103 cm³/mol. The van der Waals surface area contributed by atoms with Gasteiger partial charge >= 0.3 is 0 Å². The normalized spacial score (nSPS) is 20.5. The largest absolute Gasteiger partial charge is 0.317 e. The van der Waals surface area contributed by atoms with E-state index in [2.05, 4.69) is 45.4 Å². The van der Waals surface area contributed by atoms with Gasteiger partial charge in [-0.25, -0.2) is 0 Å². The van der Waals surface area contributed by atoms with E-state index in [1.54, 1.807) is 0 Å². The van der Waals surface area contributed by atoms with Crippen LogP contribution in [0, 0.1) is 5.92 Å². The lowest BCUT2D eigenvalue weighted by atomic mass is 9.94. The molecule has 3 rings (SSSR count). The quantitative estimate of drug-likeness (QED) is 0.871. The molecule has 1 aromatic carbocycles. The fraction of sp³-hybridized carbons (Fsp3) is 0.667. The van der Waals surface area contributed by atoms with Crippen molar-refractivity contribution in [2.45, 2.75) is 25.8 Å². The second-order valence-electron chi connectivity index (χ2n) is 6.59. The highest BCUT2D eigenvalue weighted by atomic mass is 35.5. The lowest BCUT2D eigenvalue weighted by Crippen LogP contribution is -2.46. The molecule has 0 unspecified atom stereocenters. The van der Waals surface area contributed by atoms with Crippen LogP contribution in [0.3, 0.4) is 0 Å². The summed E-state index contributed by atoms with van der Waals surface area (Å²) in [5.41, 5.74) is 1.45. The smallest absolute Gasteiger partial charge is 0.0234 e. The minimum Gasteiger partial charge on any atom is -0.317 e. The Morgan fingerprint density at radius 1 is 0.870 bits per heavy atom. The molecule has 0 atom stereocenters. The third kappa shape index (κ3) is 6.98. The molecule has 0 spiro atoms. The molecule has 0 bridgehead atoms. The third-order valence-electron chi connectivity index (χ3n) is 5.03. The number of hydrogen-bond donors (Lipinski definition) is 1. The van der Waals surface area contributed by atoms with E-state index in [4.69, 9.17) is 0 Å². The van der Waals surface area contributed by atoms with Crippen molar-refractivity contribution in [3.05, 3.63) is 35.9 Å². The van der Waals surface area contributed by atoms with Crippen molar-refractivity contribution in [2.75, 3.05) is 45.8 Å². The molecule has 3 nitrogen and oxygen atoms in total. The Kier molecular flexibility index (Phi) is 10.2. The van der Waals surface area contributed by atoms with E-state index in [-0.39, 0.29) is 24.8 Å². The molecule has 0 radical (unpaired) electrons. The van der Waals surface area contributed by atoms with Crippen LogP contribution in [-0.4, -0.2) is 55.6 Å². The summed E-state index contributed by atoms with van der Waals surface area (Å²) in [5.74, 6) is 0.966. The van der Waals surface area contributed by atoms with E-state index < -0.39 is 0 Å². The highest BCUT2D eigenvalue weighted by molar-refractivity contribution is 5.85. The number of benzene rings is 1. The van der Waals surface area contributed by atoms with Crippen molar-refractivity contribution in [2.24, 2.45) is 5.92 Å². The molecule has 2 saturated heterocycles. The van der Waals surface area contributed by atoms with Gasteiger partial charge in [-0.3, -0.25) is 4.90 Å². The summed E-state index contributed by atoms with van der Waals surface area (Å²) in [6.45, 7) is 9.83. The highest BCUT2D eigenvalue weighted by Gasteiger charge is 2.19. The van der Waals surface area contributed by atoms with E-state index >= 15 is 0 Å². The fourth-order valence-electron chi connectivity index (χ4n) is 3.55. The Bertz CT molecular complexity index is 402. The van der Waals surface area contributed by atoms with Crippen molar-refractivity contribution in [3.63, 3.8) is 0 Å². The Hall–Kier alpha value is -0.320. The number of rotatable bonds is 5. The predicted octanol–water partition coefficient (Wildman–Crippen LogP) is 3.04. The van der Waals surface area contributed by atoms with E-state index in [9.17, 15) is 0 Å². The Balaban J connectivity index is 0.00000132. The summed E-state index contributed by atoms with van der Waals surface area (Å²) >= 11 is 0. The van der Waals surface area contributed by atoms with Gasteiger partial charge in [0, 0.05) is 32.7 Å². The molecule has 1 N–H and O–H groups in total. The van der Waals surface area contributed by atoms with Crippen molar-refractivity contribution < 1.29 is 0 Å². The van der Waals surface area contributed by atoms with Crippen molar-refractivity contribution in [1.29, 1.82) is 0 Å². The average molecular weight is 360 g/mol. The molecule has 2 heterocycles. The van der Waals surface area contributed by atoms with Gasteiger partial charge in [0.1, 0.15) is 0 Å². The maximum Gasteiger partial charge on any atom is 0.0234 e. The van der Waals surface area contributed by atoms with Crippen LogP contribution in [0.1, 0.15) is 24.8 Å². The van der Waals surface area contributed by atoms with Gasteiger partial charge in [-0.05, 0) is 50.4 Å². The van der Waals surface area contributed by atoms with Crippen LogP contribution in [0.2, 0.25) is 0 Å². The zero-order chi connectivity index (χ0) is 14.3. The van der Waals surface area contributed by atoms with Crippen molar-refractivity contribution in [3.8, 4) is 0 Å². The van der Waals surface area contributed by atoms with Gasteiger partial charge in [-0.2, -0.15) is 0 Å². The first-order chi connectivity index (χ1) is 10.4. The van der Waals surface area contributed by atoms with E-state index in [1.165, 1.54) is 70.6 Å². The van der Waals surface area contributed by atoms with Crippen LogP contribution in [-0.2, 0) is 6.54 Å². The number of nitrogens with one attached hydrogen (secondary N) is 1. The zero-order valence-corrected chi connectivity index (χ0v) is 15.6. The molecule has 2 aliphatic rings. The first kappa shape index (κ1) is 20.7. The first-order valence-corrected chi connectivity index (χ1v) is 8.59. The van der Waals surface area contributed by atoms with Crippen LogP contribution >= 0.6 is 24.8 Å². The number of piperidine rings is 1. The summed E-state index contributed by atoms with van der Waals surface area (Å²) in [6, 6.07) is 10.9. The van der Waals surface area contributed by atoms with E-state index in [1.807, 2.05) is 0 Å². The first-order valence-electron chi connectivity index (χ1n) is 8.59. The van der Waals surface area contributed by atoms with Gasteiger partial charge in [0.15, 0.2) is 0 Å². The fourth-order valence-corrected chi connectivity index (χ4v) is 3.55. The molecule has 1 aromatic rings. The summed E-state index contributed by atoms with van der Waals surface area (Å²) in [4.78, 5) is 5.26. The molecule has 23 heavy (non-hydrogen) atoms. The molecule has 0 saturated carbocycles. The van der Waals surface area contributed by atoms with Gasteiger partial charge in [-0.1, -0.05) is 30.3 Å². The Morgan fingerprint density at radius 3 is 2.13 bits per heavy atom. The second-order valence-corrected chi connectivity index (χ2v) is 6.59. The molecule has 132 valence electrons. The molecule has 0 amide bonds. The number of nitrogens with zero attached hydrogens (tertiary/aromatic N) is 2. The van der Waals surface area contributed by atoms with E-state index in [0.717, 1.165) is 12.5 Å². The van der Waals surface area contributed by atoms with Crippen LogP contribution in [0.25, 0.3) is 0 Å². The van der Waals surface area contributed by atoms with Gasteiger partial charge < -0.3 is 10.2 Å². The van der Waals surface area contributed by atoms with Gasteiger partial charge in [-0.15, -0.1) is 24.8 Å². The average Bonchev–Trinajstić information content (AvgIpc) is 2.56. The van der Waals surface area contributed by atoms with Gasteiger partial charge in [0.2, 0.25) is 0 Å². The third-order valence-corrected chi connectivity index (χ3v) is 5.03. The summed E-state index contributed by atoms with van der Waals surface area (Å²) in [7, 11) is 0. The number of piperazine rings is 1. The minimum absolute atomic E-state index is 0. The number of hydrogen-bond acceptors (Lipinski definition) is 3. The monoisotopic (exact) mass is 359 g/mol. The van der Waals surface area contributed by atoms with Crippen LogP contribution in [0.5, 0.6) is 0 Å². The highest BCUT2D eigenvalue weighted by Crippen LogP contribution is 2.17. The Morgan fingerprint density at radius 2 is 1.48 bits per heavy atom. The van der Waals surface area contributed by atoms with Crippen LogP contribution in [0.4, 0.5) is 0 Å². The number of halogens is 2. The van der Waals surface area contributed by atoms with Crippen LogP contribution < -0.4 is 5.32 Å². The van der Waals surface area contributed by atoms with Gasteiger partial charge in [0.25, 0.3) is 0 Å². The van der Waals surface area contributed by atoms with Gasteiger partial charge in [0.05, 0.1) is 0 Å². The minimum atomic E-state index is 0. The Labute approximate surface area is 153 Å². The SMILES string of the molecule is Cl.Cl.c1ccc(CN2CCN(CCC3CCNCC3)CC2)cc1. The summed E-state index contributed by atoms with van der Waals surface area (Å²) < 4.78 is 0. The summed E-state index contributed by atoms with van der Waals surface area (Å²) in [5, 5.41) is 3.46. The standard InChI is InChI=1S/C18H29N3.2ClH/c1-2-4-18(5-3-1)16-21-14-12-20(13-15-21)11-8-17-6-9-19-10-7-17;;/h1-5,17,19H,6-16H2;2*1H. The molecular formula is C18H31Cl2N3. The lowest BCUT2D eigenvalue weighted by Gasteiger charge is -2.35. The molecule has 0 aliphatic carbocycles. The molecule has 2 fully saturated rings. The maximum atomic E-state index is 3.46.